The molecule has 2 N–H and O–H groups in total. The largest absolute Gasteiger partial charge is 0.497 e. The average molecular weight is 339 g/mol. The minimum absolute atomic E-state index is 0.105. The predicted octanol–water partition coefficient (Wildman–Crippen LogP) is 3.36. The fraction of sp³-hybridized carbons (Fsp3) is 0.350. The van der Waals surface area contributed by atoms with E-state index in [1.165, 1.54) is 0 Å². The zero-order chi connectivity index (χ0) is 17.8. The summed E-state index contributed by atoms with van der Waals surface area (Å²) in [4.78, 5) is 4.86. The van der Waals surface area contributed by atoms with E-state index in [1.54, 1.807) is 14.2 Å². The van der Waals surface area contributed by atoms with Crippen molar-refractivity contribution in [3.63, 3.8) is 0 Å². The van der Waals surface area contributed by atoms with Crippen molar-refractivity contribution in [3.8, 4) is 11.5 Å². The third kappa shape index (κ3) is 3.33. The number of rotatable bonds is 7. The van der Waals surface area contributed by atoms with Gasteiger partial charge < -0.3 is 19.8 Å². The molecule has 25 heavy (non-hydrogen) atoms. The van der Waals surface area contributed by atoms with Gasteiger partial charge in [0.1, 0.15) is 17.3 Å². The van der Waals surface area contributed by atoms with Gasteiger partial charge in [-0.1, -0.05) is 12.1 Å². The Labute approximate surface area is 148 Å². The van der Waals surface area contributed by atoms with Gasteiger partial charge in [0.2, 0.25) is 0 Å². The number of nitrogens with zero attached hydrogens (tertiary/aromatic N) is 2. The summed E-state index contributed by atoms with van der Waals surface area (Å²) in [5, 5.41) is 0. The first-order valence-electron chi connectivity index (χ1n) is 8.57. The lowest BCUT2D eigenvalue weighted by molar-refractivity contribution is 0.397. The molecule has 1 atom stereocenters. The fourth-order valence-electron chi connectivity index (χ4n) is 3.33. The minimum Gasteiger partial charge on any atom is -0.497 e. The number of ether oxygens (including phenoxy) is 2. The SMILES string of the molecule is CCn1c(C(CN)Cc2cc(OC)ccc2OC)nc2ccccc21. The van der Waals surface area contributed by atoms with Crippen LogP contribution in [0.25, 0.3) is 11.0 Å². The highest BCUT2D eigenvalue weighted by Gasteiger charge is 2.21. The molecule has 5 nitrogen and oxygen atoms in total. The van der Waals surface area contributed by atoms with Gasteiger partial charge in [-0.3, -0.25) is 0 Å². The maximum absolute atomic E-state index is 6.13. The lowest BCUT2D eigenvalue weighted by Crippen LogP contribution is -2.20. The number of hydrogen-bond donors (Lipinski definition) is 1. The Morgan fingerprint density at radius 3 is 2.60 bits per heavy atom. The van der Waals surface area contributed by atoms with Crippen LogP contribution in [0, 0.1) is 0 Å². The molecule has 0 saturated heterocycles. The Kier molecular flexibility index (Phi) is 5.24. The van der Waals surface area contributed by atoms with E-state index in [0.29, 0.717) is 6.54 Å². The molecular weight excluding hydrogens is 314 g/mol. The highest BCUT2D eigenvalue weighted by atomic mass is 16.5. The standard InChI is InChI=1S/C20H25N3O2/c1-4-23-18-8-6-5-7-17(18)22-20(23)15(13-21)11-14-12-16(24-2)9-10-19(14)25-3/h5-10,12,15H,4,11,13,21H2,1-3H3. The van der Waals surface area contributed by atoms with Crippen molar-refractivity contribution >= 4 is 11.0 Å². The van der Waals surface area contributed by atoms with Gasteiger partial charge in [0.05, 0.1) is 25.3 Å². The molecular formula is C20H25N3O2. The molecule has 1 aromatic heterocycles. The molecule has 0 radical (unpaired) electrons. The number of fused-ring (bicyclic) bond motifs is 1. The molecule has 0 spiro atoms. The number of para-hydroxylation sites is 2. The first kappa shape index (κ1) is 17.3. The van der Waals surface area contributed by atoms with Gasteiger partial charge in [0.25, 0.3) is 0 Å². The van der Waals surface area contributed by atoms with Crippen LogP contribution in [0.15, 0.2) is 42.5 Å². The summed E-state index contributed by atoms with van der Waals surface area (Å²) in [5.41, 5.74) is 9.37. The monoisotopic (exact) mass is 339 g/mol. The number of hydrogen-bond acceptors (Lipinski definition) is 4. The summed E-state index contributed by atoms with van der Waals surface area (Å²) >= 11 is 0. The van der Waals surface area contributed by atoms with Crippen molar-refractivity contribution < 1.29 is 9.47 Å². The molecule has 3 aromatic rings. The Morgan fingerprint density at radius 2 is 1.92 bits per heavy atom. The van der Waals surface area contributed by atoms with E-state index >= 15 is 0 Å². The van der Waals surface area contributed by atoms with Gasteiger partial charge in [-0.05, 0) is 49.2 Å². The molecule has 0 aliphatic rings. The number of methoxy groups -OCH3 is 2. The summed E-state index contributed by atoms with van der Waals surface area (Å²) in [5.74, 6) is 2.79. The van der Waals surface area contributed by atoms with Gasteiger partial charge in [-0.25, -0.2) is 4.98 Å². The van der Waals surface area contributed by atoms with Crippen molar-refractivity contribution in [2.24, 2.45) is 5.73 Å². The van der Waals surface area contributed by atoms with Crippen LogP contribution >= 0.6 is 0 Å². The van der Waals surface area contributed by atoms with E-state index < -0.39 is 0 Å². The molecule has 5 heteroatoms. The van der Waals surface area contributed by atoms with Crippen LogP contribution in [0.1, 0.15) is 24.2 Å². The van der Waals surface area contributed by atoms with E-state index in [2.05, 4.69) is 17.6 Å². The molecule has 0 aliphatic carbocycles. The zero-order valence-electron chi connectivity index (χ0n) is 15.0. The van der Waals surface area contributed by atoms with Crippen LogP contribution in [0.4, 0.5) is 0 Å². The van der Waals surface area contributed by atoms with Gasteiger partial charge in [0, 0.05) is 19.0 Å². The van der Waals surface area contributed by atoms with Crippen molar-refractivity contribution in [3.05, 3.63) is 53.9 Å². The van der Waals surface area contributed by atoms with Crippen molar-refractivity contribution in [2.75, 3.05) is 20.8 Å². The van der Waals surface area contributed by atoms with Crippen molar-refractivity contribution in [2.45, 2.75) is 25.8 Å². The van der Waals surface area contributed by atoms with E-state index in [4.69, 9.17) is 20.2 Å². The zero-order valence-corrected chi connectivity index (χ0v) is 15.0. The van der Waals surface area contributed by atoms with E-state index in [1.807, 2.05) is 36.4 Å². The Bertz CT molecular complexity index is 857. The molecule has 132 valence electrons. The summed E-state index contributed by atoms with van der Waals surface area (Å²) in [6.07, 6.45) is 0.750. The molecule has 3 rings (SSSR count). The van der Waals surface area contributed by atoms with Gasteiger partial charge in [-0.15, -0.1) is 0 Å². The smallest absolute Gasteiger partial charge is 0.122 e. The number of imidazole rings is 1. The highest BCUT2D eigenvalue weighted by molar-refractivity contribution is 5.76. The lowest BCUT2D eigenvalue weighted by Gasteiger charge is -2.18. The van der Waals surface area contributed by atoms with Crippen LogP contribution in [0.5, 0.6) is 11.5 Å². The first-order chi connectivity index (χ1) is 12.2. The van der Waals surface area contributed by atoms with Crippen LogP contribution in [0.2, 0.25) is 0 Å². The maximum atomic E-state index is 6.13. The quantitative estimate of drug-likeness (QED) is 0.717. The van der Waals surface area contributed by atoms with Crippen molar-refractivity contribution in [1.29, 1.82) is 0 Å². The minimum atomic E-state index is 0.105. The first-order valence-corrected chi connectivity index (χ1v) is 8.57. The second kappa shape index (κ2) is 7.57. The van der Waals surface area contributed by atoms with E-state index in [-0.39, 0.29) is 5.92 Å². The topological polar surface area (TPSA) is 62.3 Å². The number of aromatic nitrogens is 2. The predicted molar refractivity (Wildman–Crippen MR) is 100 cm³/mol. The molecule has 0 amide bonds. The lowest BCUT2D eigenvalue weighted by atomic mass is 9.97. The molecule has 2 aromatic carbocycles. The summed E-state index contributed by atoms with van der Waals surface area (Å²) in [6.45, 7) is 3.52. The number of aryl methyl sites for hydroxylation is 1. The number of nitrogens with two attached hydrogens (primary N) is 1. The average Bonchev–Trinajstić information content (AvgIpc) is 3.04. The molecule has 1 unspecified atom stereocenters. The van der Waals surface area contributed by atoms with Gasteiger partial charge in [-0.2, -0.15) is 0 Å². The second-order valence-electron chi connectivity index (χ2n) is 6.02. The molecule has 1 heterocycles. The third-order valence-corrected chi connectivity index (χ3v) is 4.60. The van der Waals surface area contributed by atoms with Crippen LogP contribution in [-0.2, 0) is 13.0 Å². The number of benzene rings is 2. The summed E-state index contributed by atoms with van der Waals surface area (Å²) < 4.78 is 13.1. The Hall–Kier alpha value is -2.53. The van der Waals surface area contributed by atoms with Crippen LogP contribution in [-0.4, -0.2) is 30.3 Å². The summed E-state index contributed by atoms with van der Waals surface area (Å²) in [6, 6.07) is 14.1. The normalized spacial score (nSPS) is 12.3. The van der Waals surface area contributed by atoms with E-state index in [0.717, 1.165) is 46.9 Å². The fourth-order valence-corrected chi connectivity index (χ4v) is 3.33. The van der Waals surface area contributed by atoms with Gasteiger partial charge >= 0.3 is 0 Å². The summed E-state index contributed by atoms with van der Waals surface area (Å²) in [7, 11) is 3.35. The highest BCUT2D eigenvalue weighted by Crippen LogP contribution is 2.30. The van der Waals surface area contributed by atoms with Gasteiger partial charge in [0.15, 0.2) is 0 Å². The molecule has 0 fully saturated rings. The van der Waals surface area contributed by atoms with Crippen molar-refractivity contribution in [1.82, 2.24) is 9.55 Å². The third-order valence-electron chi connectivity index (χ3n) is 4.60. The van der Waals surface area contributed by atoms with Crippen LogP contribution in [0.3, 0.4) is 0 Å². The van der Waals surface area contributed by atoms with Crippen LogP contribution < -0.4 is 15.2 Å². The Morgan fingerprint density at radius 1 is 1.12 bits per heavy atom. The van der Waals surface area contributed by atoms with E-state index in [9.17, 15) is 0 Å². The molecule has 0 aliphatic heterocycles. The maximum Gasteiger partial charge on any atom is 0.122 e. The molecule has 0 saturated carbocycles. The Balaban J connectivity index is 2.01. The molecule has 0 bridgehead atoms. The second-order valence-corrected chi connectivity index (χ2v) is 6.02.